The summed E-state index contributed by atoms with van der Waals surface area (Å²) in [6.45, 7) is 1.93. The number of amides is 1. The third-order valence-corrected chi connectivity index (χ3v) is 6.40. The van der Waals surface area contributed by atoms with Gasteiger partial charge < -0.3 is 5.32 Å². The van der Waals surface area contributed by atoms with Gasteiger partial charge in [-0.25, -0.2) is 21.6 Å². The van der Waals surface area contributed by atoms with Crippen LogP contribution in [0.2, 0.25) is 0 Å². The molecule has 2 N–H and O–H groups in total. The normalized spacial score (nSPS) is 11.9. The topological polar surface area (TPSA) is 109 Å². The Labute approximate surface area is 147 Å². The molecule has 0 radical (unpaired) electrons. The Balaban J connectivity index is 2.06. The second kappa shape index (κ2) is 7.77. The quantitative estimate of drug-likeness (QED) is 0.752. The summed E-state index contributed by atoms with van der Waals surface area (Å²) in [6, 6.07) is 13.1. The lowest BCUT2D eigenvalue weighted by Gasteiger charge is -2.08. The molecule has 0 aliphatic rings. The van der Waals surface area contributed by atoms with Crippen molar-refractivity contribution in [2.75, 3.05) is 17.6 Å². The number of carbonyl (C=O) groups excluding carboxylic acids is 1. The van der Waals surface area contributed by atoms with Crippen LogP contribution in [0.25, 0.3) is 0 Å². The molecule has 0 unspecified atom stereocenters. The van der Waals surface area contributed by atoms with E-state index in [1.54, 1.807) is 25.1 Å². The van der Waals surface area contributed by atoms with E-state index in [1.165, 1.54) is 36.4 Å². The van der Waals surface area contributed by atoms with Gasteiger partial charge in [-0.05, 0) is 36.4 Å². The van der Waals surface area contributed by atoms with Crippen LogP contribution < -0.4 is 10.0 Å². The van der Waals surface area contributed by atoms with Crippen molar-refractivity contribution in [1.82, 2.24) is 4.72 Å². The Morgan fingerprint density at radius 3 is 2.04 bits per heavy atom. The predicted molar refractivity (Wildman–Crippen MR) is 94.4 cm³/mol. The van der Waals surface area contributed by atoms with Gasteiger partial charge in [0.2, 0.25) is 15.9 Å². The van der Waals surface area contributed by atoms with E-state index < -0.39 is 31.5 Å². The molecule has 9 heteroatoms. The third kappa shape index (κ3) is 5.12. The zero-order valence-electron chi connectivity index (χ0n) is 13.5. The standard InChI is InChI=1S/C16H18N2O5S2/c1-2-17-25(22,23)15-10-8-13(9-11-15)18-16(19)12-24(20,21)14-6-4-3-5-7-14/h3-11,17H,2,12H2,1H3,(H,18,19). The van der Waals surface area contributed by atoms with Crippen molar-refractivity contribution in [3.63, 3.8) is 0 Å². The number of benzene rings is 2. The van der Waals surface area contributed by atoms with Gasteiger partial charge >= 0.3 is 0 Å². The minimum atomic E-state index is -3.74. The molecule has 2 aromatic rings. The van der Waals surface area contributed by atoms with E-state index in [9.17, 15) is 21.6 Å². The van der Waals surface area contributed by atoms with Gasteiger partial charge in [-0.15, -0.1) is 0 Å². The highest BCUT2D eigenvalue weighted by molar-refractivity contribution is 7.92. The van der Waals surface area contributed by atoms with Crippen molar-refractivity contribution < 1.29 is 21.6 Å². The molecule has 0 aliphatic heterocycles. The highest BCUT2D eigenvalue weighted by Gasteiger charge is 2.19. The second-order valence-corrected chi connectivity index (χ2v) is 8.90. The second-order valence-electron chi connectivity index (χ2n) is 5.15. The molecule has 7 nitrogen and oxygen atoms in total. The van der Waals surface area contributed by atoms with Crippen molar-refractivity contribution in [2.24, 2.45) is 0 Å². The minimum Gasteiger partial charge on any atom is -0.325 e. The van der Waals surface area contributed by atoms with Gasteiger partial charge in [0.1, 0.15) is 5.75 Å². The van der Waals surface area contributed by atoms with E-state index in [-0.39, 0.29) is 16.3 Å². The van der Waals surface area contributed by atoms with Crippen molar-refractivity contribution in [2.45, 2.75) is 16.7 Å². The summed E-state index contributed by atoms with van der Waals surface area (Å²) in [5, 5.41) is 2.45. The Kier molecular flexibility index (Phi) is 5.93. The minimum absolute atomic E-state index is 0.0595. The molecule has 0 atom stereocenters. The largest absolute Gasteiger partial charge is 0.325 e. The van der Waals surface area contributed by atoms with Gasteiger partial charge in [-0.3, -0.25) is 4.79 Å². The Morgan fingerprint density at radius 1 is 0.880 bits per heavy atom. The number of sulfone groups is 1. The molecule has 134 valence electrons. The van der Waals surface area contributed by atoms with Crippen LogP contribution in [0, 0.1) is 0 Å². The Bertz CT molecular complexity index is 938. The monoisotopic (exact) mass is 382 g/mol. The summed E-state index contributed by atoms with van der Waals surface area (Å²) in [6.07, 6.45) is 0. The lowest BCUT2D eigenvalue weighted by atomic mass is 10.3. The van der Waals surface area contributed by atoms with E-state index in [2.05, 4.69) is 10.0 Å². The van der Waals surface area contributed by atoms with Crippen molar-refractivity contribution in [1.29, 1.82) is 0 Å². The summed E-state index contributed by atoms with van der Waals surface area (Å²) in [4.78, 5) is 12.1. The average molecular weight is 382 g/mol. The molecule has 25 heavy (non-hydrogen) atoms. The maximum atomic E-state index is 12.1. The molecule has 2 aromatic carbocycles. The first-order valence-electron chi connectivity index (χ1n) is 7.42. The smallest absolute Gasteiger partial charge is 0.240 e. The highest BCUT2D eigenvalue weighted by Crippen LogP contribution is 2.15. The number of carbonyl (C=O) groups is 1. The number of hydrogen-bond acceptors (Lipinski definition) is 5. The Hall–Kier alpha value is -2.23. The van der Waals surface area contributed by atoms with Crippen LogP contribution in [0.4, 0.5) is 5.69 Å². The molecule has 0 aliphatic carbocycles. The van der Waals surface area contributed by atoms with Gasteiger partial charge in [-0.1, -0.05) is 25.1 Å². The molecule has 0 aromatic heterocycles. The SMILES string of the molecule is CCNS(=O)(=O)c1ccc(NC(=O)CS(=O)(=O)c2ccccc2)cc1. The fourth-order valence-electron chi connectivity index (χ4n) is 2.07. The van der Waals surface area contributed by atoms with Crippen LogP contribution in [0.3, 0.4) is 0 Å². The molecular weight excluding hydrogens is 364 g/mol. The zero-order chi connectivity index (χ0) is 18.5. The number of rotatable bonds is 7. The maximum Gasteiger partial charge on any atom is 0.240 e. The molecule has 0 saturated heterocycles. The molecule has 0 fully saturated rings. The van der Waals surface area contributed by atoms with Crippen molar-refractivity contribution in [3.8, 4) is 0 Å². The molecule has 1 amide bonds. The highest BCUT2D eigenvalue weighted by atomic mass is 32.2. The number of anilines is 1. The first-order chi connectivity index (χ1) is 11.7. The molecule has 0 saturated carbocycles. The van der Waals surface area contributed by atoms with Gasteiger partial charge in [0, 0.05) is 12.2 Å². The van der Waals surface area contributed by atoms with E-state index in [0.29, 0.717) is 5.69 Å². The molecule has 0 heterocycles. The van der Waals surface area contributed by atoms with E-state index in [0.717, 1.165) is 0 Å². The van der Waals surface area contributed by atoms with Crippen LogP contribution in [0.15, 0.2) is 64.4 Å². The van der Waals surface area contributed by atoms with Gasteiger partial charge in [-0.2, -0.15) is 0 Å². The lowest BCUT2D eigenvalue weighted by Crippen LogP contribution is -2.24. The van der Waals surface area contributed by atoms with E-state index >= 15 is 0 Å². The first-order valence-corrected chi connectivity index (χ1v) is 10.6. The predicted octanol–water partition coefficient (Wildman–Crippen LogP) is 1.40. The van der Waals surface area contributed by atoms with Crippen molar-refractivity contribution >= 4 is 31.5 Å². The van der Waals surface area contributed by atoms with Crippen LogP contribution >= 0.6 is 0 Å². The first kappa shape index (κ1) is 19.1. The van der Waals surface area contributed by atoms with Crippen LogP contribution in [-0.2, 0) is 24.7 Å². The van der Waals surface area contributed by atoms with Crippen LogP contribution in [0.5, 0.6) is 0 Å². The van der Waals surface area contributed by atoms with Crippen molar-refractivity contribution in [3.05, 3.63) is 54.6 Å². The third-order valence-electron chi connectivity index (χ3n) is 3.21. The summed E-state index contributed by atoms with van der Waals surface area (Å²) in [7, 11) is -7.32. The fourth-order valence-corrected chi connectivity index (χ4v) is 4.27. The van der Waals surface area contributed by atoms with Gasteiger partial charge in [0.25, 0.3) is 0 Å². The van der Waals surface area contributed by atoms with E-state index in [1.807, 2.05) is 0 Å². The molecule has 0 spiro atoms. The summed E-state index contributed by atoms with van der Waals surface area (Å²) < 4.78 is 50.3. The Morgan fingerprint density at radius 2 is 1.48 bits per heavy atom. The number of nitrogens with one attached hydrogen (secondary N) is 2. The molecule has 0 bridgehead atoms. The molecular formula is C16H18N2O5S2. The van der Waals surface area contributed by atoms with Gasteiger partial charge in [0.05, 0.1) is 9.79 Å². The summed E-state index contributed by atoms with van der Waals surface area (Å²) in [5.41, 5.74) is 0.309. The fraction of sp³-hybridized carbons (Fsp3) is 0.188. The maximum absolute atomic E-state index is 12.1. The number of hydrogen-bond donors (Lipinski definition) is 2. The van der Waals surface area contributed by atoms with Gasteiger partial charge in [0.15, 0.2) is 9.84 Å². The lowest BCUT2D eigenvalue weighted by molar-refractivity contribution is -0.113. The average Bonchev–Trinajstić information content (AvgIpc) is 2.55. The van der Waals surface area contributed by atoms with Crippen LogP contribution in [-0.4, -0.2) is 35.0 Å². The molecule has 2 rings (SSSR count). The summed E-state index contributed by atoms with van der Waals surface area (Å²) >= 11 is 0. The zero-order valence-corrected chi connectivity index (χ0v) is 15.1. The number of sulfonamides is 1. The van der Waals surface area contributed by atoms with Crippen LogP contribution in [0.1, 0.15) is 6.92 Å². The summed E-state index contributed by atoms with van der Waals surface area (Å²) in [5.74, 6) is -1.40. The van der Waals surface area contributed by atoms with E-state index in [4.69, 9.17) is 0 Å².